The summed E-state index contributed by atoms with van der Waals surface area (Å²) in [6, 6.07) is 0. The number of hydrogen-bond acceptors (Lipinski definition) is 1. The average Bonchev–Trinajstić information content (AvgIpc) is 2.45. The molecule has 0 aromatic heterocycles. The third-order valence-corrected chi connectivity index (χ3v) is 4.43. The summed E-state index contributed by atoms with van der Waals surface area (Å²) in [6.45, 7) is 7.65. The van der Waals surface area contributed by atoms with Crippen molar-refractivity contribution in [3.8, 4) is 0 Å². The zero-order chi connectivity index (χ0) is 15.3. The summed E-state index contributed by atoms with van der Waals surface area (Å²) in [5.74, 6) is 0.0235. The monoisotopic (exact) mass is 303 g/mol. The molecule has 1 amide bonds. The molecule has 0 rings (SSSR count). The van der Waals surface area contributed by atoms with Crippen molar-refractivity contribution in [2.24, 2.45) is 5.41 Å². The maximum atomic E-state index is 11.2. The molecule has 0 saturated heterocycles. The third kappa shape index (κ3) is 10.5. The lowest BCUT2D eigenvalue weighted by Crippen LogP contribution is -2.30. The van der Waals surface area contributed by atoms with Crippen LogP contribution in [0.3, 0.4) is 0 Å². The highest BCUT2D eigenvalue weighted by molar-refractivity contribution is 6.27. The molecule has 0 radical (unpaired) electrons. The van der Waals surface area contributed by atoms with Gasteiger partial charge >= 0.3 is 0 Å². The molecule has 0 aliphatic heterocycles. The van der Waals surface area contributed by atoms with Crippen LogP contribution in [0.4, 0.5) is 0 Å². The molecule has 0 aromatic carbocycles. The molecule has 0 aliphatic rings. The summed E-state index contributed by atoms with van der Waals surface area (Å²) in [4.78, 5) is 11.2. The smallest absolute Gasteiger partial charge is 0.234 e. The van der Waals surface area contributed by atoms with E-state index in [4.69, 9.17) is 11.6 Å². The van der Waals surface area contributed by atoms with E-state index in [9.17, 15) is 4.79 Å². The van der Waals surface area contributed by atoms with Crippen LogP contribution in [0.1, 0.15) is 85.0 Å². The van der Waals surface area contributed by atoms with Crippen molar-refractivity contribution in [2.45, 2.75) is 85.0 Å². The fourth-order valence-corrected chi connectivity index (χ4v) is 2.78. The molecule has 0 heterocycles. The van der Waals surface area contributed by atoms with Gasteiger partial charge in [0.15, 0.2) is 0 Å². The van der Waals surface area contributed by atoms with E-state index in [1.165, 1.54) is 57.8 Å². The Kier molecular flexibility index (Phi) is 12.3. The highest BCUT2D eigenvalue weighted by atomic mass is 35.5. The summed E-state index contributed by atoms with van der Waals surface area (Å²) in [7, 11) is 0. The van der Waals surface area contributed by atoms with Crippen LogP contribution < -0.4 is 5.32 Å². The third-order valence-electron chi connectivity index (χ3n) is 4.19. The van der Waals surface area contributed by atoms with Crippen LogP contribution in [0.2, 0.25) is 0 Å². The first-order valence-corrected chi connectivity index (χ1v) is 8.94. The number of amides is 1. The number of hydrogen-bond donors (Lipinski definition) is 1. The topological polar surface area (TPSA) is 29.1 Å². The van der Waals surface area contributed by atoms with E-state index in [1.54, 1.807) is 0 Å². The van der Waals surface area contributed by atoms with Crippen molar-refractivity contribution in [3.05, 3.63) is 0 Å². The molecule has 2 nitrogen and oxygen atoms in total. The van der Waals surface area contributed by atoms with E-state index < -0.39 is 0 Å². The van der Waals surface area contributed by atoms with E-state index >= 15 is 0 Å². The lowest BCUT2D eigenvalue weighted by molar-refractivity contribution is -0.118. The molecular weight excluding hydrogens is 270 g/mol. The number of carbonyl (C=O) groups is 1. The molecule has 120 valence electrons. The Bertz CT molecular complexity index is 245. The van der Waals surface area contributed by atoms with Crippen molar-refractivity contribution >= 4 is 17.5 Å². The van der Waals surface area contributed by atoms with Crippen LogP contribution in [0.15, 0.2) is 0 Å². The normalized spacial score (nSPS) is 14.0. The minimum atomic E-state index is -0.0487. The van der Waals surface area contributed by atoms with E-state index in [2.05, 4.69) is 26.1 Å². The molecule has 0 bridgehead atoms. The van der Waals surface area contributed by atoms with Crippen LogP contribution >= 0.6 is 11.6 Å². The summed E-state index contributed by atoms with van der Waals surface area (Å²) in [6.07, 6.45) is 12.9. The van der Waals surface area contributed by atoms with Gasteiger partial charge in [-0.3, -0.25) is 4.79 Å². The first-order chi connectivity index (χ1) is 9.58. The van der Waals surface area contributed by atoms with Crippen molar-refractivity contribution in [1.29, 1.82) is 0 Å². The predicted octanol–water partition coefficient (Wildman–Crippen LogP) is 5.29. The van der Waals surface area contributed by atoms with Gasteiger partial charge in [-0.25, -0.2) is 0 Å². The Morgan fingerprint density at radius 2 is 1.55 bits per heavy atom. The molecule has 1 unspecified atom stereocenters. The van der Waals surface area contributed by atoms with Gasteiger partial charge in [-0.2, -0.15) is 0 Å². The van der Waals surface area contributed by atoms with Crippen LogP contribution in [0, 0.1) is 5.41 Å². The van der Waals surface area contributed by atoms with Gasteiger partial charge in [-0.1, -0.05) is 65.7 Å². The van der Waals surface area contributed by atoms with Crippen LogP contribution in [0.25, 0.3) is 0 Å². The molecular formula is C17H34ClNO. The zero-order valence-electron chi connectivity index (χ0n) is 13.8. The van der Waals surface area contributed by atoms with Gasteiger partial charge in [0.1, 0.15) is 5.88 Å². The van der Waals surface area contributed by atoms with E-state index in [0.29, 0.717) is 5.41 Å². The first kappa shape index (κ1) is 19.8. The quantitative estimate of drug-likeness (QED) is 0.363. The van der Waals surface area contributed by atoms with Crippen LogP contribution in [0.5, 0.6) is 0 Å². The molecule has 1 atom stereocenters. The largest absolute Gasteiger partial charge is 0.355 e. The minimum Gasteiger partial charge on any atom is -0.355 e. The van der Waals surface area contributed by atoms with Gasteiger partial charge in [0.05, 0.1) is 0 Å². The molecule has 1 N–H and O–H groups in total. The fourth-order valence-electron chi connectivity index (χ4n) is 2.68. The molecule has 0 aromatic rings. The van der Waals surface area contributed by atoms with Crippen LogP contribution in [-0.2, 0) is 4.79 Å². The zero-order valence-corrected chi connectivity index (χ0v) is 14.5. The maximum Gasteiger partial charge on any atom is 0.234 e. The fraction of sp³-hybridized carbons (Fsp3) is 0.941. The molecule has 3 heteroatoms. The van der Waals surface area contributed by atoms with E-state index in [1.807, 2.05) is 0 Å². The Hall–Kier alpha value is -0.240. The first-order valence-electron chi connectivity index (χ1n) is 8.40. The van der Waals surface area contributed by atoms with E-state index in [0.717, 1.165) is 13.0 Å². The predicted molar refractivity (Wildman–Crippen MR) is 89.4 cm³/mol. The Morgan fingerprint density at radius 1 is 0.950 bits per heavy atom. The lowest BCUT2D eigenvalue weighted by atomic mass is 9.77. The Morgan fingerprint density at radius 3 is 2.15 bits per heavy atom. The van der Waals surface area contributed by atoms with Crippen molar-refractivity contribution < 1.29 is 4.79 Å². The standard InChI is InChI=1S/C17H34ClNO/c1-4-6-8-9-10-12-17(3,11-7-5-2)13-14-19-16(20)15-18/h4-15H2,1-3H3,(H,19,20). The molecule has 0 fully saturated rings. The summed E-state index contributed by atoms with van der Waals surface area (Å²) in [5, 5.41) is 2.90. The van der Waals surface area contributed by atoms with Gasteiger partial charge in [0, 0.05) is 6.54 Å². The summed E-state index contributed by atoms with van der Waals surface area (Å²) < 4.78 is 0. The Balaban J connectivity index is 4.03. The van der Waals surface area contributed by atoms with Crippen molar-refractivity contribution in [2.75, 3.05) is 12.4 Å². The second-order valence-electron chi connectivity index (χ2n) is 6.31. The Labute approximate surface area is 131 Å². The molecule has 0 aliphatic carbocycles. The van der Waals surface area contributed by atoms with Gasteiger partial charge in [-0.05, 0) is 24.7 Å². The van der Waals surface area contributed by atoms with Gasteiger partial charge in [0.25, 0.3) is 0 Å². The minimum absolute atomic E-state index is 0.0487. The van der Waals surface area contributed by atoms with Gasteiger partial charge < -0.3 is 5.32 Å². The number of rotatable bonds is 13. The second-order valence-corrected chi connectivity index (χ2v) is 6.58. The molecule has 20 heavy (non-hydrogen) atoms. The number of unbranched alkanes of at least 4 members (excludes halogenated alkanes) is 5. The van der Waals surface area contributed by atoms with E-state index in [-0.39, 0.29) is 11.8 Å². The summed E-state index contributed by atoms with van der Waals surface area (Å²) in [5.41, 5.74) is 0.377. The second kappa shape index (κ2) is 12.5. The van der Waals surface area contributed by atoms with Gasteiger partial charge in [0.2, 0.25) is 5.91 Å². The van der Waals surface area contributed by atoms with Crippen molar-refractivity contribution in [1.82, 2.24) is 5.32 Å². The number of halogens is 1. The van der Waals surface area contributed by atoms with Gasteiger partial charge in [-0.15, -0.1) is 11.6 Å². The SMILES string of the molecule is CCCCCCCC(C)(CCCC)CCNC(=O)CCl. The highest BCUT2D eigenvalue weighted by Crippen LogP contribution is 2.34. The lowest BCUT2D eigenvalue weighted by Gasteiger charge is -2.30. The molecule has 0 saturated carbocycles. The average molecular weight is 304 g/mol. The molecule has 0 spiro atoms. The number of carbonyl (C=O) groups excluding carboxylic acids is 1. The van der Waals surface area contributed by atoms with Crippen LogP contribution in [-0.4, -0.2) is 18.3 Å². The summed E-state index contributed by atoms with van der Waals surface area (Å²) >= 11 is 5.51. The number of nitrogens with one attached hydrogen (secondary N) is 1. The van der Waals surface area contributed by atoms with Crippen molar-refractivity contribution in [3.63, 3.8) is 0 Å². The highest BCUT2D eigenvalue weighted by Gasteiger charge is 2.22. The maximum absolute atomic E-state index is 11.2. The number of alkyl halides is 1.